The summed E-state index contributed by atoms with van der Waals surface area (Å²) >= 11 is 0. The molecular weight excluding hydrogens is 246 g/mol. The number of aliphatic hydroxyl groups is 1. The van der Waals surface area contributed by atoms with Gasteiger partial charge in [0.25, 0.3) is 5.91 Å². The zero-order valence-corrected chi connectivity index (χ0v) is 10.7. The number of benzene rings is 1. The summed E-state index contributed by atoms with van der Waals surface area (Å²) in [4.78, 5) is 24.3. The maximum absolute atomic E-state index is 12.1. The van der Waals surface area contributed by atoms with Crippen LogP contribution in [0.25, 0.3) is 0 Å². The van der Waals surface area contributed by atoms with E-state index in [2.05, 4.69) is 5.32 Å². The van der Waals surface area contributed by atoms with E-state index in [4.69, 9.17) is 5.73 Å². The Labute approximate surface area is 111 Å². The van der Waals surface area contributed by atoms with Gasteiger partial charge in [0.15, 0.2) is 0 Å². The average molecular weight is 263 g/mol. The van der Waals surface area contributed by atoms with E-state index in [1.165, 1.54) is 0 Å². The van der Waals surface area contributed by atoms with E-state index in [9.17, 15) is 14.7 Å². The van der Waals surface area contributed by atoms with E-state index in [0.29, 0.717) is 30.8 Å². The molecule has 1 aromatic rings. The number of anilines is 1. The molecule has 6 heteroatoms. The first-order chi connectivity index (χ1) is 8.93. The topological polar surface area (TPSA) is 95.7 Å². The maximum Gasteiger partial charge on any atom is 0.316 e. The minimum Gasteiger partial charge on any atom is -0.386 e. The van der Waals surface area contributed by atoms with Crippen molar-refractivity contribution in [3.63, 3.8) is 0 Å². The third-order valence-electron chi connectivity index (χ3n) is 3.32. The second-order valence-electron chi connectivity index (χ2n) is 4.81. The third-order valence-corrected chi connectivity index (χ3v) is 3.32. The first kappa shape index (κ1) is 13.4. The van der Waals surface area contributed by atoms with Crippen molar-refractivity contribution in [2.45, 2.75) is 18.9 Å². The lowest BCUT2D eigenvalue weighted by Crippen LogP contribution is -2.63. The summed E-state index contributed by atoms with van der Waals surface area (Å²) in [7, 11) is 0. The van der Waals surface area contributed by atoms with Gasteiger partial charge in [0.1, 0.15) is 0 Å². The van der Waals surface area contributed by atoms with Crippen molar-refractivity contribution in [1.82, 2.24) is 4.90 Å². The van der Waals surface area contributed by atoms with Crippen LogP contribution >= 0.6 is 0 Å². The number of β-amino-alcohol motifs (C(OH)–C–C–N with tert-alkyl or cyclic N) is 1. The number of nitrogens with one attached hydrogen (secondary N) is 1. The Morgan fingerprint density at radius 1 is 1.37 bits per heavy atom. The Balaban J connectivity index is 1.99. The Kier molecular flexibility index (Phi) is 3.44. The molecule has 1 aromatic carbocycles. The largest absolute Gasteiger partial charge is 0.386 e. The predicted molar refractivity (Wildman–Crippen MR) is 70.8 cm³/mol. The third kappa shape index (κ3) is 2.85. The predicted octanol–water partition coefficient (Wildman–Crippen LogP) is 0.774. The van der Waals surface area contributed by atoms with Crippen molar-refractivity contribution in [3.05, 3.63) is 29.8 Å². The van der Waals surface area contributed by atoms with Gasteiger partial charge in [-0.2, -0.15) is 0 Å². The molecule has 0 unspecified atom stereocenters. The van der Waals surface area contributed by atoms with Gasteiger partial charge in [-0.25, -0.2) is 4.79 Å². The van der Waals surface area contributed by atoms with Crippen LogP contribution in [0.4, 0.5) is 10.5 Å². The molecule has 0 spiro atoms. The van der Waals surface area contributed by atoms with Crippen LogP contribution in [0.3, 0.4) is 0 Å². The number of carbonyl (C=O) groups is 2. The average Bonchev–Trinajstić information content (AvgIpc) is 2.34. The van der Waals surface area contributed by atoms with Crippen molar-refractivity contribution in [3.8, 4) is 0 Å². The van der Waals surface area contributed by atoms with Crippen LogP contribution in [-0.2, 0) is 0 Å². The molecule has 1 fully saturated rings. The van der Waals surface area contributed by atoms with E-state index < -0.39 is 11.6 Å². The van der Waals surface area contributed by atoms with Crippen molar-refractivity contribution < 1.29 is 14.7 Å². The Morgan fingerprint density at radius 2 is 1.95 bits per heavy atom. The number of rotatable bonds is 3. The molecule has 2 rings (SSSR count). The minimum atomic E-state index is -0.733. The Bertz CT molecular complexity index is 492. The summed E-state index contributed by atoms with van der Waals surface area (Å²) in [5.74, 6) is -0.122. The molecule has 3 amide bonds. The number of nitrogens with two attached hydrogens (primary N) is 1. The lowest BCUT2D eigenvalue weighted by atomic mass is 9.90. The number of carbonyl (C=O) groups excluding carboxylic acids is 2. The van der Waals surface area contributed by atoms with Gasteiger partial charge in [-0.1, -0.05) is 6.92 Å². The highest BCUT2D eigenvalue weighted by Crippen LogP contribution is 2.26. The van der Waals surface area contributed by atoms with E-state index >= 15 is 0 Å². The standard InChI is InChI=1S/C13H17N3O3/c1-2-13(19)7-16(8-13)11(17)9-3-5-10(6-4-9)15-12(14)18/h3-6,19H,2,7-8H2,1H3,(H3,14,15,18). The van der Waals surface area contributed by atoms with E-state index in [1.807, 2.05) is 6.92 Å². The Morgan fingerprint density at radius 3 is 2.42 bits per heavy atom. The zero-order valence-electron chi connectivity index (χ0n) is 10.7. The molecule has 0 aromatic heterocycles. The molecule has 1 heterocycles. The van der Waals surface area contributed by atoms with Gasteiger partial charge in [0.2, 0.25) is 0 Å². The van der Waals surface area contributed by atoms with Crippen LogP contribution in [0.15, 0.2) is 24.3 Å². The summed E-state index contributed by atoms with van der Waals surface area (Å²) in [6.45, 7) is 2.62. The van der Waals surface area contributed by atoms with Crippen LogP contribution in [0, 0.1) is 0 Å². The summed E-state index contributed by atoms with van der Waals surface area (Å²) in [6, 6.07) is 5.83. The van der Waals surface area contributed by atoms with Crippen molar-refractivity contribution in [2.75, 3.05) is 18.4 Å². The molecule has 6 nitrogen and oxygen atoms in total. The second-order valence-corrected chi connectivity index (χ2v) is 4.81. The minimum absolute atomic E-state index is 0.122. The molecule has 102 valence electrons. The van der Waals surface area contributed by atoms with Crippen LogP contribution in [-0.4, -0.2) is 40.6 Å². The van der Waals surface area contributed by atoms with Gasteiger partial charge in [0, 0.05) is 11.3 Å². The highest BCUT2D eigenvalue weighted by molar-refractivity contribution is 5.96. The molecule has 0 saturated carbocycles. The molecule has 0 atom stereocenters. The van der Waals surface area contributed by atoms with E-state index in [0.717, 1.165) is 0 Å². The first-order valence-corrected chi connectivity index (χ1v) is 6.12. The van der Waals surface area contributed by atoms with Gasteiger partial charge < -0.3 is 21.1 Å². The number of urea groups is 1. The molecule has 1 saturated heterocycles. The lowest BCUT2D eigenvalue weighted by molar-refractivity contribution is -0.0826. The first-order valence-electron chi connectivity index (χ1n) is 6.12. The SMILES string of the molecule is CCC1(O)CN(C(=O)c2ccc(NC(N)=O)cc2)C1. The Hall–Kier alpha value is -2.08. The number of hydrogen-bond donors (Lipinski definition) is 3. The van der Waals surface area contributed by atoms with Crippen LogP contribution < -0.4 is 11.1 Å². The zero-order chi connectivity index (χ0) is 14.0. The van der Waals surface area contributed by atoms with Crippen LogP contribution in [0.5, 0.6) is 0 Å². The van der Waals surface area contributed by atoms with Gasteiger partial charge in [-0.3, -0.25) is 4.79 Å². The summed E-state index contributed by atoms with van der Waals surface area (Å²) in [5, 5.41) is 12.3. The van der Waals surface area contributed by atoms with Crippen LogP contribution in [0.1, 0.15) is 23.7 Å². The molecule has 0 radical (unpaired) electrons. The quantitative estimate of drug-likeness (QED) is 0.751. The summed E-state index contributed by atoms with van der Waals surface area (Å²) in [6.07, 6.45) is 0.637. The summed E-state index contributed by atoms with van der Waals surface area (Å²) < 4.78 is 0. The monoisotopic (exact) mass is 263 g/mol. The molecule has 1 aliphatic heterocycles. The number of hydrogen-bond acceptors (Lipinski definition) is 3. The fourth-order valence-corrected chi connectivity index (χ4v) is 2.05. The number of primary amides is 1. The fourth-order valence-electron chi connectivity index (χ4n) is 2.05. The highest BCUT2D eigenvalue weighted by atomic mass is 16.3. The smallest absolute Gasteiger partial charge is 0.316 e. The van der Waals surface area contributed by atoms with Gasteiger partial charge >= 0.3 is 6.03 Å². The van der Waals surface area contributed by atoms with Crippen molar-refractivity contribution >= 4 is 17.6 Å². The molecule has 4 N–H and O–H groups in total. The van der Waals surface area contributed by atoms with Crippen molar-refractivity contribution in [2.24, 2.45) is 5.73 Å². The molecule has 0 bridgehead atoms. The van der Waals surface area contributed by atoms with Crippen molar-refractivity contribution in [1.29, 1.82) is 0 Å². The molecule has 0 aliphatic carbocycles. The van der Waals surface area contributed by atoms with Gasteiger partial charge in [-0.15, -0.1) is 0 Å². The number of likely N-dealkylation sites (tertiary alicyclic amines) is 1. The van der Waals surface area contributed by atoms with Crippen LogP contribution in [0.2, 0.25) is 0 Å². The molecule has 1 aliphatic rings. The van der Waals surface area contributed by atoms with Gasteiger partial charge in [0.05, 0.1) is 18.7 Å². The summed E-state index contributed by atoms with van der Waals surface area (Å²) in [5.41, 5.74) is 5.32. The van der Waals surface area contributed by atoms with Gasteiger partial charge in [-0.05, 0) is 30.7 Å². The fraction of sp³-hybridized carbons (Fsp3) is 0.385. The number of amides is 3. The van der Waals surface area contributed by atoms with E-state index in [-0.39, 0.29) is 5.91 Å². The normalized spacial score (nSPS) is 16.6. The second kappa shape index (κ2) is 4.89. The molecule has 19 heavy (non-hydrogen) atoms. The maximum atomic E-state index is 12.1. The highest BCUT2D eigenvalue weighted by Gasteiger charge is 2.42. The molecular formula is C13H17N3O3. The van der Waals surface area contributed by atoms with E-state index in [1.54, 1.807) is 29.2 Å². The lowest BCUT2D eigenvalue weighted by Gasteiger charge is -2.46. The number of nitrogens with zero attached hydrogens (tertiary/aromatic N) is 1.